The van der Waals surface area contributed by atoms with Gasteiger partial charge in [-0.1, -0.05) is 23.7 Å². The Morgan fingerprint density at radius 2 is 2.23 bits per heavy atom. The van der Waals surface area contributed by atoms with Crippen LogP contribution in [0.2, 0.25) is 5.02 Å². The molecule has 1 aliphatic rings. The molecule has 68 valence electrons. The monoisotopic (exact) mass is 194 g/mol. The standard InChI is InChI=1S/C11H11ClO/c12-10-3-1-2-8(6-10)7-11(13)9-4-5-9/h1-3,6,9H,4-5,7H2. The van der Waals surface area contributed by atoms with Crippen molar-refractivity contribution in [3.63, 3.8) is 0 Å². The number of Topliss-reactive ketones (excluding diaryl/α,β-unsaturated/α-hetero) is 1. The van der Waals surface area contributed by atoms with Crippen LogP contribution in [0.4, 0.5) is 0 Å². The fourth-order valence-corrected chi connectivity index (χ4v) is 1.61. The molecule has 1 aliphatic carbocycles. The highest BCUT2D eigenvalue weighted by molar-refractivity contribution is 6.30. The van der Waals surface area contributed by atoms with Crippen LogP contribution in [-0.4, -0.2) is 5.78 Å². The Morgan fingerprint density at radius 3 is 2.85 bits per heavy atom. The van der Waals surface area contributed by atoms with E-state index in [2.05, 4.69) is 0 Å². The molecule has 0 unspecified atom stereocenters. The maximum absolute atomic E-state index is 11.4. The average molecular weight is 195 g/mol. The SMILES string of the molecule is O=C(Cc1cccc(Cl)c1)C1CC1. The molecule has 0 bridgehead atoms. The fraction of sp³-hybridized carbons (Fsp3) is 0.364. The Balaban J connectivity index is 2.04. The fourth-order valence-electron chi connectivity index (χ4n) is 1.40. The molecule has 1 aromatic rings. The number of hydrogen-bond donors (Lipinski definition) is 0. The van der Waals surface area contributed by atoms with Gasteiger partial charge >= 0.3 is 0 Å². The van der Waals surface area contributed by atoms with Crippen LogP contribution < -0.4 is 0 Å². The van der Waals surface area contributed by atoms with Gasteiger partial charge in [0, 0.05) is 17.4 Å². The lowest BCUT2D eigenvalue weighted by atomic mass is 10.1. The first-order valence-corrected chi connectivity index (χ1v) is 4.90. The van der Waals surface area contributed by atoms with E-state index < -0.39 is 0 Å². The smallest absolute Gasteiger partial charge is 0.140 e. The minimum Gasteiger partial charge on any atom is -0.299 e. The van der Waals surface area contributed by atoms with Crippen molar-refractivity contribution in [2.24, 2.45) is 5.92 Å². The summed E-state index contributed by atoms with van der Waals surface area (Å²) in [5.74, 6) is 0.709. The summed E-state index contributed by atoms with van der Waals surface area (Å²) in [4.78, 5) is 11.4. The maximum atomic E-state index is 11.4. The second-order valence-corrected chi connectivity index (χ2v) is 3.98. The summed E-state index contributed by atoms with van der Waals surface area (Å²) >= 11 is 5.81. The van der Waals surface area contributed by atoms with Crippen LogP contribution in [0, 0.1) is 5.92 Å². The maximum Gasteiger partial charge on any atom is 0.140 e. The van der Waals surface area contributed by atoms with Gasteiger partial charge in [0.25, 0.3) is 0 Å². The van der Waals surface area contributed by atoms with E-state index in [4.69, 9.17) is 11.6 Å². The van der Waals surface area contributed by atoms with Crippen molar-refractivity contribution in [3.05, 3.63) is 34.9 Å². The Hall–Kier alpha value is -0.820. The molecule has 1 aromatic carbocycles. The van der Waals surface area contributed by atoms with Crippen LogP contribution in [0.15, 0.2) is 24.3 Å². The van der Waals surface area contributed by atoms with E-state index in [9.17, 15) is 4.79 Å². The van der Waals surface area contributed by atoms with Gasteiger partial charge < -0.3 is 0 Å². The molecule has 0 atom stereocenters. The van der Waals surface area contributed by atoms with Gasteiger partial charge in [-0.15, -0.1) is 0 Å². The van der Waals surface area contributed by atoms with Crippen molar-refractivity contribution in [2.75, 3.05) is 0 Å². The molecule has 0 saturated heterocycles. The van der Waals surface area contributed by atoms with Gasteiger partial charge in [0.1, 0.15) is 5.78 Å². The zero-order chi connectivity index (χ0) is 9.26. The molecule has 0 N–H and O–H groups in total. The topological polar surface area (TPSA) is 17.1 Å². The number of carbonyl (C=O) groups is 1. The van der Waals surface area contributed by atoms with E-state index in [1.165, 1.54) is 0 Å². The average Bonchev–Trinajstić information content (AvgIpc) is 2.85. The third kappa shape index (κ3) is 2.31. The minimum atomic E-state index is 0.346. The lowest BCUT2D eigenvalue weighted by Crippen LogP contribution is -2.04. The van der Waals surface area contributed by atoms with Crippen LogP contribution in [0.5, 0.6) is 0 Å². The van der Waals surface area contributed by atoms with Crippen LogP contribution in [-0.2, 0) is 11.2 Å². The van der Waals surface area contributed by atoms with Crippen LogP contribution in [0.1, 0.15) is 18.4 Å². The largest absolute Gasteiger partial charge is 0.299 e. The van der Waals surface area contributed by atoms with Crippen molar-refractivity contribution in [2.45, 2.75) is 19.3 Å². The van der Waals surface area contributed by atoms with Gasteiger partial charge in [0.05, 0.1) is 0 Å². The van der Waals surface area contributed by atoms with Crippen molar-refractivity contribution >= 4 is 17.4 Å². The third-order valence-corrected chi connectivity index (χ3v) is 2.54. The number of ketones is 1. The predicted molar refractivity (Wildman–Crippen MR) is 52.9 cm³/mol. The second-order valence-electron chi connectivity index (χ2n) is 3.55. The van der Waals surface area contributed by atoms with E-state index in [1.807, 2.05) is 24.3 Å². The Labute approximate surface area is 82.7 Å². The van der Waals surface area contributed by atoms with Crippen molar-refractivity contribution < 1.29 is 4.79 Å². The van der Waals surface area contributed by atoms with Gasteiger partial charge in [0.2, 0.25) is 0 Å². The first-order valence-electron chi connectivity index (χ1n) is 4.53. The van der Waals surface area contributed by atoms with Crippen molar-refractivity contribution in [1.29, 1.82) is 0 Å². The summed E-state index contributed by atoms with van der Waals surface area (Å²) in [6.07, 6.45) is 2.71. The van der Waals surface area contributed by atoms with Gasteiger partial charge in [0.15, 0.2) is 0 Å². The Kier molecular flexibility index (Phi) is 2.36. The predicted octanol–water partition coefficient (Wildman–Crippen LogP) is 2.86. The number of carbonyl (C=O) groups excluding carboxylic acids is 1. The Bertz CT molecular complexity index is 329. The molecule has 2 heteroatoms. The van der Waals surface area contributed by atoms with E-state index in [1.54, 1.807) is 0 Å². The lowest BCUT2D eigenvalue weighted by Gasteiger charge is -1.99. The summed E-state index contributed by atoms with van der Waals surface area (Å²) in [7, 11) is 0. The highest BCUT2D eigenvalue weighted by Crippen LogP contribution is 2.31. The number of halogens is 1. The molecule has 0 aliphatic heterocycles. The third-order valence-electron chi connectivity index (χ3n) is 2.30. The van der Waals surface area contributed by atoms with Crippen LogP contribution >= 0.6 is 11.6 Å². The second kappa shape index (κ2) is 3.51. The molecule has 1 saturated carbocycles. The molecular formula is C11H11ClO. The highest BCUT2D eigenvalue weighted by Gasteiger charge is 2.28. The molecule has 1 nitrogen and oxygen atoms in total. The van der Waals surface area contributed by atoms with E-state index >= 15 is 0 Å². The molecule has 1 fully saturated rings. The summed E-state index contributed by atoms with van der Waals surface area (Å²) in [5, 5.41) is 0.709. The zero-order valence-electron chi connectivity index (χ0n) is 7.29. The van der Waals surface area contributed by atoms with Crippen LogP contribution in [0.25, 0.3) is 0 Å². The van der Waals surface area contributed by atoms with Crippen LogP contribution in [0.3, 0.4) is 0 Å². The Morgan fingerprint density at radius 1 is 1.46 bits per heavy atom. The summed E-state index contributed by atoms with van der Waals surface area (Å²) in [5.41, 5.74) is 1.03. The van der Waals surface area contributed by atoms with Gasteiger partial charge in [-0.2, -0.15) is 0 Å². The van der Waals surface area contributed by atoms with E-state index in [-0.39, 0.29) is 0 Å². The summed E-state index contributed by atoms with van der Waals surface area (Å²) in [6.45, 7) is 0. The molecule has 0 heterocycles. The van der Waals surface area contributed by atoms with Gasteiger partial charge in [-0.05, 0) is 30.5 Å². The zero-order valence-corrected chi connectivity index (χ0v) is 8.05. The molecule has 0 amide bonds. The van der Waals surface area contributed by atoms with Gasteiger partial charge in [-0.25, -0.2) is 0 Å². The number of hydrogen-bond acceptors (Lipinski definition) is 1. The van der Waals surface area contributed by atoms with Gasteiger partial charge in [-0.3, -0.25) is 4.79 Å². The summed E-state index contributed by atoms with van der Waals surface area (Å²) in [6, 6.07) is 7.53. The minimum absolute atomic E-state index is 0.346. The molecule has 0 radical (unpaired) electrons. The molecule has 2 rings (SSSR count). The number of benzene rings is 1. The normalized spacial score (nSPS) is 15.8. The van der Waals surface area contributed by atoms with Crippen molar-refractivity contribution in [1.82, 2.24) is 0 Å². The molecular weight excluding hydrogens is 184 g/mol. The quantitative estimate of drug-likeness (QED) is 0.723. The van der Waals surface area contributed by atoms with Crippen molar-refractivity contribution in [3.8, 4) is 0 Å². The van der Waals surface area contributed by atoms with E-state index in [0.29, 0.717) is 23.1 Å². The molecule has 0 spiro atoms. The summed E-state index contributed by atoms with van der Waals surface area (Å²) < 4.78 is 0. The first-order chi connectivity index (χ1) is 6.25. The lowest BCUT2D eigenvalue weighted by molar-refractivity contribution is -0.119. The van der Waals surface area contributed by atoms with E-state index in [0.717, 1.165) is 18.4 Å². The molecule has 13 heavy (non-hydrogen) atoms. The number of rotatable bonds is 3. The first kappa shape index (κ1) is 8.76. The molecule has 0 aromatic heterocycles. The highest BCUT2D eigenvalue weighted by atomic mass is 35.5.